The van der Waals surface area contributed by atoms with Crippen molar-refractivity contribution in [2.45, 2.75) is 25.3 Å². The van der Waals surface area contributed by atoms with Crippen LogP contribution in [0.25, 0.3) is 0 Å². The Morgan fingerprint density at radius 3 is 2.67 bits per heavy atom. The minimum atomic E-state index is -2.88. The van der Waals surface area contributed by atoms with Gasteiger partial charge in [-0.25, -0.2) is 8.78 Å². The van der Waals surface area contributed by atoms with Gasteiger partial charge in [0, 0.05) is 6.42 Å². The number of alkyl halides is 2. The van der Waals surface area contributed by atoms with Gasteiger partial charge >= 0.3 is 0 Å². The van der Waals surface area contributed by atoms with E-state index in [1.165, 1.54) is 14.0 Å². The molecule has 0 aliphatic rings. The monoisotopic (exact) mass is 215 g/mol. The highest BCUT2D eigenvalue weighted by molar-refractivity contribution is 5.29. The maximum atomic E-state index is 13.3. The summed E-state index contributed by atoms with van der Waals surface area (Å²) < 4.78 is 31.6. The van der Waals surface area contributed by atoms with Crippen LogP contribution >= 0.6 is 0 Å². The second-order valence-electron chi connectivity index (χ2n) is 3.58. The molecule has 0 amide bonds. The maximum Gasteiger partial charge on any atom is 0.266 e. The Balaban J connectivity index is 2.80. The lowest BCUT2D eigenvalue weighted by molar-refractivity contribution is -0.0190. The van der Waals surface area contributed by atoms with E-state index in [2.05, 4.69) is 0 Å². The number of rotatable bonds is 4. The third-order valence-electron chi connectivity index (χ3n) is 2.24. The van der Waals surface area contributed by atoms with Crippen molar-refractivity contribution in [1.29, 1.82) is 0 Å². The van der Waals surface area contributed by atoms with Crippen molar-refractivity contribution in [3.63, 3.8) is 0 Å². The van der Waals surface area contributed by atoms with Gasteiger partial charge in [0.05, 0.1) is 13.2 Å². The average Bonchev–Trinajstić information content (AvgIpc) is 2.17. The van der Waals surface area contributed by atoms with Crippen molar-refractivity contribution in [2.24, 2.45) is 5.73 Å². The largest absolute Gasteiger partial charge is 0.497 e. The molecule has 0 saturated carbocycles. The van der Waals surface area contributed by atoms with E-state index in [4.69, 9.17) is 10.5 Å². The Morgan fingerprint density at radius 1 is 1.47 bits per heavy atom. The van der Waals surface area contributed by atoms with Crippen molar-refractivity contribution in [1.82, 2.24) is 0 Å². The van der Waals surface area contributed by atoms with Gasteiger partial charge in [-0.3, -0.25) is 0 Å². The second kappa shape index (κ2) is 4.57. The fourth-order valence-corrected chi connectivity index (χ4v) is 1.22. The van der Waals surface area contributed by atoms with Gasteiger partial charge in [-0.1, -0.05) is 12.1 Å². The molecule has 0 aromatic heterocycles. The molecule has 2 N–H and O–H groups in total. The number of nitrogens with two attached hydrogens (primary N) is 1. The lowest BCUT2D eigenvalue weighted by Gasteiger charge is -2.20. The van der Waals surface area contributed by atoms with Crippen molar-refractivity contribution in [2.75, 3.05) is 7.11 Å². The van der Waals surface area contributed by atoms with Gasteiger partial charge in [0.15, 0.2) is 0 Å². The van der Waals surface area contributed by atoms with Gasteiger partial charge in [0.1, 0.15) is 5.75 Å². The van der Waals surface area contributed by atoms with E-state index in [1.807, 2.05) is 0 Å². The minimum Gasteiger partial charge on any atom is -0.497 e. The molecule has 1 aromatic carbocycles. The van der Waals surface area contributed by atoms with E-state index >= 15 is 0 Å². The smallest absolute Gasteiger partial charge is 0.266 e. The molecule has 1 rings (SSSR count). The van der Waals surface area contributed by atoms with Gasteiger partial charge in [-0.15, -0.1) is 0 Å². The zero-order valence-electron chi connectivity index (χ0n) is 8.84. The molecular formula is C11H15F2NO. The fourth-order valence-electron chi connectivity index (χ4n) is 1.22. The Hall–Kier alpha value is -1.16. The van der Waals surface area contributed by atoms with Gasteiger partial charge < -0.3 is 10.5 Å². The highest BCUT2D eigenvalue weighted by atomic mass is 19.3. The average molecular weight is 215 g/mol. The van der Waals surface area contributed by atoms with E-state index < -0.39 is 12.0 Å². The van der Waals surface area contributed by atoms with E-state index in [0.717, 1.165) is 0 Å². The van der Waals surface area contributed by atoms with Crippen LogP contribution in [0.1, 0.15) is 12.5 Å². The summed E-state index contributed by atoms with van der Waals surface area (Å²) in [6.45, 7) is 1.31. The van der Waals surface area contributed by atoms with E-state index in [9.17, 15) is 8.78 Å². The number of ether oxygens (including phenoxy) is 1. The lowest BCUT2D eigenvalue weighted by Crippen LogP contribution is -2.40. The van der Waals surface area contributed by atoms with Gasteiger partial charge in [0.25, 0.3) is 5.92 Å². The lowest BCUT2D eigenvalue weighted by atomic mass is 10.0. The molecule has 1 atom stereocenters. The zero-order chi connectivity index (χ0) is 11.5. The van der Waals surface area contributed by atoms with Crippen molar-refractivity contribution >= 4 is 0 Å². The summed E-state index contributed by atoms with van der Waals surface area (Å²) in [6, 6.07) is 5.48. The van der Waals surface area contributed by atoms with E-state index in [0.29, 0.717) is 11.3 Å². The molecule has 0 fully saturated rings. The number of methoxy groups -OCH3 is 1. The standard InChI is InChI=1S/C11H15F2NO/c1-8(14)11(12,13)7-9-4-3-5-10(6-9)15-2/h3-6,8H,7,14H2,1-2H3. The van der Waals surface area contributed by atoms with Crippen LogP contribution in [0.3, 0.4) is 0 Å². The topological polar surface area (TPSA) is 35.2 Å². The SMILES string of the molecule is COc1cccc(CC(F)(F)C(C)N)c1. The number of hydrogen-bond acceptors (Lipinski definition) is 2. The van der Waals surface area contributed by atoms with Crippen molar-refractivity contribution < 1.29 is 13.5 Å². The highest BCUT2D eigenvalue weighted by Crippen LogP contribution is 2.24. The summed E-state index contributed by atoms with van der Waals surface area (Å²) >= 11 is 0. The summed E-state index contributed by atoms with van der Waals surface area (Å²) in [5.41, 5.74) is 5.73. The first-order valence-corrected chi connectivity index (χ1v) is 4.72. The van der Waals surface area contributed by atoms with Crippen molar-refractivity contribution in [3.8, 4) is 5.75 Å². The van der Waals surface area contributed by atoms with Crippen LogP contribution in [-0.2, 0) is 6.42 Å². The Labute approximate surface area is 88.0 Å². The van der Waals surface area contributed by atoms with Gasteiger partial charge in [0.2, 0.25) is 0 Å². The summed E-state index contributed by atoms with van der Waals surface area (Å²) in [5.74, 6) is -2.31. The Bertz CT molecular complexity index is 326. The van der Waals surface area contributed by atoms with Crippen molar-refractivity contribution in [3.05, 3.63) is 29.8 Å². The summed E-state index contributed by atoms with van der Waals surface area (Å²) in [5, 5.41) is 0. The van der Waals surface area contributed by atoms with Crippen LogP contribution in [0.15, 0.2) is 24.3 Å². The first-order chi connectivity index (χ1) is 6.95. The molecule has 0 radical (unpaired) electrons. The quantitative estimate of drug-likeness (QED) is 0.835. The molecule has 0 aliphatic heterocycles. The molecule has 1 aromatic rings. The van der Waals surface area contributed by atoms with Crippen LogP contribution in [0.5, 0.6) is 5.75 Å². The van der Waals surface area contributed by atoms with Gasteiger partial charge in [-0.2, -0.15) is 0 Å². The molecule has 0 heterocycles. The molecule has 1 unspecified atom stereocenters. The molecule has 0 aliphatic carbocycles. The molecule has 15 heavy (non-hydrogen) atoms. The molecule has 0 spiro atoms. The second-order valence-corrected chi connectivity index (χ2v) is 3.58. The first-order valence-electron chi connectivity index (χ1n) is 4.72. The number of benzene rings is 1. The summed E-state index contributed by atoms with van der Waals surface area (Å²) in [4.78, 5) is 0. The van der Waals surface area contributed by atoms with Crippen LogP contribution < -0.4 is 10.5 Å². The van der Waals surface area contributed by atoms with Crippen LogP contribution in [-0.4, -0.2) is 19.1 Å². The Kier molecular flexibility index (Phi) is 3.63. The van der Waals surface area contributed by atoms with E-state index in [-0.39, 0.29) is 6.42 Å². The first kappa shape index (κ1) is 11.9. The molecular weight excluding hydrogens is 200 g/mol. The van der Waals surface area contributed by atoms with Crippen LogP contribution in [0.2, 0.25) is 0 Å². The number of hydrogen-bond donors (Lipinski definition) is 1. The summed E-state index contributed by atoms with van der Waals surface area (Å²) in [6.07, 6.45) is -0.359. The minimum absolute atomic E-state index is 0.359. The van der Waals surface area contributed by atoms with Crippen LogP contribution in [0.4, 0.5) is 8.78 Å². The summed E-state index contributed by atoms with van der Waals surface area (Å²) in [7, 11) is 1.50. The predicted molar refractivity (Wildman–Crippen MR) is 55.3 cm³/mol. The molecule has 0 bridgehead atoms. The normalized spacial score (nSPS) is 13.7. The fraction of sp³-hybridized carbons (Fsp3) is 0.455. The van der Waals surface area contributed by atoms with Crippen LogP contribution in [0, 0.1) is 0 Å². The molecule has 84 valence electrons. The molecule has 0 saturated heterocycles. The highest BCUT2D eigenvalue weighted by Gasteiger charge is 2.33. The van der Waals surface area contributed by atoms with Gasteiger partial charge in [-0.05, 0) is 24.6 Å². The number of halogens is 2. The maximum absolute atomic E-state index is 13.3. The zero-order valence-corrected chi connectivity index (χ0v) is 8.84. The third kappa shape index (κ3) is 3.16. The molecule has 2 nitrogen and oxygen atoms in total. The van der Waals surface area contributed by atoms with E-state index in [1.54, 1.807) is 24.3 Å². The predicted octanol–water partition coefficient (Wildman–Crippen LogP) is 2.22. The molecule has 4 heteroatoms. The Morgan fingerprint density at radius 2 is 2.13 bits per heavy atom. The third-order valence-corrected chi connectivity index (χ3v) is 2.24.